The largest absolute Gasteiger partial charge is 0.480 e. The van der Waals surface area contributed by atoms with Gasteiger partial charge < -0.3 is 139 Å². The van der Waals surface area contributed by atoms with Crippen LogP contribution in [0, 0.1) is 0 Å². The minimum Gasteiger partial charge on any atom is -0.480 e. The summed E-state index contributed by atoms with van der Waals surface area (Å²) in [6, 6.07) is -13.6. The number of nitrogens with zero attached hydrogens (tertiary/aromatic N) is 7. The number of aliphatic carboxylic acids is 1. The van der Waals surface area contributed by atoms with Crippen LogP contribution in [0.15, 0.2) is 34.9 Å². The second-order valence-corrected chi connectivity index (χ2v) is 25.9. The maximum atomic E-state index is 14.8. The van der Waals surface area contributed by atoms with E-state index in [9.17, 15) is 53.1 Å². The number of guanidine groups is 7. The summed E-state index contributed by atoms with van der Waals surface area (Å²) in [5, 5.41) is 33.9. The summed E-state index contributed by atoms with van der Waals surface area (Å²) in [4.78, 5) is 169. The normalized spacial score (nSPS) is 13.7. The highest BCUT2D eigenvalue weighted by atomic mass is 32.2. The molecule has 42 nitrogen and oxygen atoms in total. The highest BCUT2D eigenvalue weighted by Crippen LogP contribution is 2.13. The molecule has 0 spiro atoms. The van der Waals surface area contributed by atoms with Crippen LogP contribution in [0.25, 0.3) is 0 Å². The third-order valence-corrected chi connectivity index (χ3v) is 16.4. The zero-order chi connectivity index (χ0) is 77.1. The summed E-state index contributed by atoms with van der Waals surface area (Å²) in [6.07, 6.45) is 5.75. The van der Waals surface area contributed by atoms with Crippen LogP contribution in [-0.4, -0.2) is 248 Å². The Morgan fingerprint density at radius 3 is 0.598 bits per heavy atom. The lowest BCUT2D eigenvalue weighted by atomic mass is 10.0. The fraction of sp³-hybridized carbons (Fsp3) is 0.702. The molecule has 0 aliphatic carbocycles. The summed E-state index contributed by atoms with van der Waals surface area (Å²) in [6.45, 7) is 0.238. The van der Waals surface area contributed by atoms with Gasteiger partial charge >= 0.3 is 5.97 Å². The number of aliphatic imine (C=N–C) groups is 7. The van der Waals surface area contributed by atoms with Gasteiger partial charge in [0.15, 0.2) is 41.7 Å². The second kappa shape index (κ2) is 54.4. The molecule has 0 aromatic carbocycles. The van der Waals surface area contributed by atoms with Gasteiger partial charge in [-0.05, 0) is 145 Å². The Bertz CT molecular complexity index is 2830. The minimum absolute atomic E-state index is 0.0104. The van der Waals surface area contributed by atoms with E-state index in [1.54, 1.807) is 18.8 Å². The van der Waals surface area contributed by atoms with E-state index in [1.165, 1.54) is 35.3 Å². The van der Waals surface area contributed by atoms with Gasteiger partial charge in [0, 0.05) is 45.8 Å². The summed E-state index contributed by atoms with van der Waals surface area (Å²) in [5.74, 6) is -9.68. The zero-order valence-corrected chi connectivity index (χ0v) is 60.9. The fourth-order valence-electron chi connectivity index (χ4n) is 9.24. The van der Waals surface area contributed by atoms with E-state index in [0.29, 0.717) is 12.2 Å². The van der Waals surface area contributed by atoms with Gasteiger partial charge in [0.25, 0.3) is 0 Å². The summed E-state index contributed by atoms with van der Waals surface area (Å²) in [5.41, 5.74) is 83.6. The number of carboxylic acids is 1. The molecule has 0 radical (unpaired) electrons. The van der Waals surface area contributed by atoms with Gasteiger partial charge in [-0.1, -0.05) is 0 Å². The van der Waals surface area contributed by atoms with Crippen molar-refractivity contribution in [1.29, 1.82) is 0 Å². The third kappa shape index (κ3) is 44.7. The lowest BCUT2D eigenvalue weighted by Gasteiger charge is -2.28. The monoisotopic (exact) mass is 1500 g/mol. The van der Waals surface area contributed by atoms with Crippen molar-refractivity contribution in [3.8, 4) is 0 Å². The third-order valence-electron chi connectivity index (χ3n) is 14.5. The van der Waals surface area contributed by atoms with Crippen LogP contribution in [0.5, 0.6) is 0 Å². The number of hydrogen-bond donors (Lipinski definition) is 25. The fourth-order valence-corrected chi connectivity index (χ4v) is 10.7. The Balaban J connectivity index is 7.54. The first kappa shape index (κ1) is 92.6. The molecule has 0 saturated heterocycles. The summed E-state index contributed by atoms with van der Waals surface area (Å²) < 4.78 is 0. The van der Waals surface area contributed by atoms with Crippen molar-refractivity contribution in [3.05, 3.63) is 0 Å². The Labute approximate surface area is 606 Å². The first-order valence-electron chi connectivity index (χ1n) is 32.8. The van der Waals surface area contributed by atoms with Crippen LogP contribution in [0.4, 0.5) is 0 Å². The second-order valence-electron chi connectivity index (χ2n) is 23.0. The van der Waals surface area contributed by atoms with Crippen molar-refractivity contribution in [2.24, 2.45) is 121 Å². The average molecular weight is 1500 g/mol. The molecule has 45 heteroatoms. The van der Waals surface area contributed by atoms with E-state index in [-0.39, 0.29) is 202 Å². The summed E-state index contributed by atoms with van der Waals surface area (Å²) in [7, 11) is 0. The number of carbonyl (C=O) groups is 10. The van der Waals surface area contributed by atoms with E-state index >= 15 is 0 Å². The maximum absolute atomic E-state index is 14.8. The number of amides is 9. The first-order valence-corrected chi connectivity index (χ1v) is 37.0. The number of carbonyl (C=O) groups excluding carboxylic acids is 9. The van der Waals surface area contributed by atoms with Crippen molar-refractivity contribution < 1.29 is 53.1 Å². The Hall–Kier alpha value is -9.40. The number of rotatable bonds is 56. The van der Waals surface area contributed by atoms with Gasteiger partial charge in [-0.3, -0.25) is 78.1 Å². The minimum atomic E-state index is -1.49. The van der Waals surface area contributed by atoms with Crippen LogP contribution >= 0.6 is 35.3 Å². The van der Waals surface area contributed by atoms with Crippen LogP contribution in [-0.2, 0) is 47.9 Å². The van der Waals surface area contributed by atoms with Crippen molar-refractivity contribution in [3.63, 3.8) is 0 Å². The SMILES string of the molecule is CSCC[C@H](NC(=O)[C@H](CCCN=C(N)N)NC(=O)[C@H](CCCN=C(N)N)NC(=O)[C@H](CCSC)NC(=O)[C@H](CCCN=C(N)N)NC(=O)[C@H](CCCN=C(N)N)NC(=O)[C@H](CCSC)NC(=O)[C@@H](N)CCCN=C(N)N)C(=O)N[C@@H](CCCN=C(N)N)C(=O)N[C@@H](CCCN=C(N)N)C(=O)O. The number of thioether (sulfide) groups is 3. The highest BCUT2D eigenvalue weighted by Gasteiger charge is 2.36. The highest BCUT2D eigenvalue weighted by molar-refractivity contribution is 7.99. The number of nitrogens with one attached hydrogen (secondary N) is 9. The predicted molar refractivity (Wildman–Crippen MR) is 401 cm³/mol. The Morgan fingerprint density at radius 1 is 0.265 bits per heavy atom. The zero-order valence-electron chi connectivity index (χ0n) is 58.4. The summed E-state index contributed by atoms with van der Waals surface area (Å²) >= 11 is 4.02. The van der Waals surface area contributed by atoms with E-state index < -0.39 is 120 Å². The lowest BCUT2D eigenvalue weighted by Crippen LogP contribution is -2.60. The van der Waals surface area contributed by atoms with E-state index in [4.69, 9.17) is 86.0 Å². The van der Waals surface area contributed by atoms with Crippen LogP contribution in [0.2, 0.25) is 0 Å². The molecule has 0 fully saturated rings. The van der Waals surface area contributed by atoms with Crippen LogP contribution in [0.3, 0.4) is 0 Å². The molecule has 580 valence electrons. The molecule has 0 unspecified atom stereocenters. The van der Waals surface area contributed by atoms with Crippen molar-refractivity contribution in [1.82, 2.24) is 47.9 Å². The van der Waals surface area contributed by atoms with Crippen LogP contribution in [0.1, 0.15) is 109 Å². The molecule has 10 atom stereocenters. The van der Waals surface area contributed by atoms with Gasteiger partial charge in [-0.15, -0.1) is 0 Å². The molecule has 0 bridgehead atoms. The molecule has 0 saturated carbocycles. The molecule has 0 aliphatic rings. The van der Waals surface area contributed by atoms with Gasteiger partial charge in [-0.2, -0.15) is 35.3 Å². The molecule has 0 aromatic heterocycles. The van der Waals surface area contributed by atoms with E-state index in [1.807, 2.05) is 0 Å². The standard InChI is InChI=1S/C57H113N31O11S3/c1-100-28-18-37(80-41(89)31(58)11-4-21-73-51(59)60)47(95)83-32(12-5-22-74-52(61)62)42(90)81-34(14-7-24-76-54(65)66)44(92)86-38(19-29-101-2)48(96)84-33(13-6-23-75-53(63)64)43(91)82-35(15-8-25-77-55(67)68)45(93)87-39(20-30-102-3)49(97)85-36(16-9-26-78-56(69)70)46(94)88-40(50(98)99)17-10-27-79-57(71)72/h31-40H,4-30,58H2,1-3H3,(H,80,89)(H,81,90)(H,82,91)(H,83,95)(H,84,96)(H,85,97)(H,86,92)(H,87,93)(H,88,94)(H,98,99)(H4,59,60,73)(H4,61,62,74)(H4,63,64,75)(H4,65,66,76)(H4,67,68,77)(H4,69,70,78)(H4,71,72,79)/t31-,32-,33-,34-,35-,36-,37-,38-,39-,40-/m0/s1. The van der Waals surface area contributed by atoms with Crippen molar-refractivity contribution in [2.45, 2.75) is 170 Å². The van der Waals surface area contributed by atoms with Gasteiger partial charge in [0.05, 0.1) is 6.04 Å². The molecule has 102 heavy (non-hydrogen) atoms. The molecule has 9 amide bonds. The molecular formula is C57H113N31O11S3. The lowest BCUT2D eigenvalue weighted by molar-refractivity contribution is -0.142. The quantitative estimate of drug-likeness (QED) is 0.0153. The molecule has 40 N–H and O–H groups in total. The topological polar surface area (TPSA) is 776 Å². The number of carboxylic acid groups (broad SMARTS) is 1. The molecular weight excluding hydrogens is 1390 g/mol. The Morgan fingerprint density at radius 2 is 0.422 bits per heavy atom. The molecule has 0 heterocycles. The maximum Gasteiger partial charge on any atom is 0.326 e. The van der Waals surface area contributed by atoms with E-state index in [2.05, 4.69) is 82.8 Å². The molecule has 0 aromatic rings. The predicted octanol–water partition coefficient (Wildman–Crippen LogP) is -9.60. The van der Waals surface area contributed by atoms with Gasteiger partial charge in [-0.25, -0.2) is 4.79 Å². The van der Waals surface area contributed by atoms with Gasteiger partial charge in [0.1, 0.15) is 54.4 Å². The van der Waals surface area contributed by atoms with Crippen molar-refractivity contribution >= 4 is 136 Å². The molecule has 0 rings (SSSR count). The first-order chi connectivity index (χ1) is 48.3. The van der Waals surface area contributed by atoms with Crippen molar-refractivity contribution in [2.75, 3.05) is 81.8 Å². The average Bonchev–Trinajstić information content (AvgIpc) is 0.868. The smallest absolute Gasteiger partial charge is 0.326 e. The van der Waals surface area contributed by atoms with E-state index in [0.717, 1.165) is 0 Å². The van der Waals surface area contributed by atoms with Gasteiger partial charge in [0.2, 0.25) is 53.2 Å². The molecule has 0 aliphatic heterocycles. The number of hydrogen-bond acceptors (Lipinski definition) is 21. The van der Waals surface area contributed by atoms with Crippen LogP contribution < -0.4 is 134 Å². The Kier molecular flexibility index (Phi) is 49.4. The number of nitrogens with two attached hydrogens (primary N) is 15.